The van der Waals surface area contributed by atoms with Gasteiger partial charge in [0.05, 0.1) is 6.61 Å². The molecule has 0 spiro atoms. The van der Waals surface area contributed by atoms with Crippen molar-refractivity contribution in [3.05, 3.63) is 35.4 Å². The second-order valence-electron chi connectivity index (χ2n) is 6.54. The van der Waals surface area contributed by atoms with Gasteiger partial charge in [-0.3, -0.25) is 4.79 Å². The van der Waals surface area contributed by atoms with Crippen molar-refractivity contribution in [3.63, 3.8) is 0 Å². The Morgan fingerprint density at radius 3 is 2.57 bits per heavy atom. The lowest BCUT2D eigenvalue weighted by Gasteiger charge is -2.33. The zero-order valence-electron chi connectivity index (χ0n) is 13.4. The van der Waals surface area contributed by atoms with Gasteiger partial charge in [0.2, 0.25) is 0 Å². The molecular weight excluding hydrogens is 294 g/mol. The van der Waals surface area contributed by atoms with Crippen LogP contribution in [0.5, 0.6) is 0 Å². The molecule has 1 aromatic rings. The van der Waals surface area contributed by atoms with E-state index in [1.165, 1.54) is 0 Å². The summed E-state index contributed by atoms with van der Waals surface area (Å²) in [6.07, 6.45) is 4.76. The van der Waals surface area contributed by atoms with Gasteiger partial charge in [-0.2, -0.15) is 0 Å². The zero-order chi connectivity index (χ0) is 16.4. The number of ether oxygens (including phenoxy) is 1. The van der Waals surface area contributed by atoms with Crippen molar-refractivity contribution < 1.29 is 19.4 Å². The number of carboxylic acid groups (broad SMARTS) is 1. The van der Waals surface area contributed by atoms with E-state index in [0.29, 0.717) is 24.5 Å². The molecule has 1 heterocycles. The highest BCUT2D eigenvalue weighted by Gasteiger charge is 2.47. The first-order valence-corrected chi connectivity index (χ1v) is 8.25. The van der Waals surface area contributed by atoms with Crippen LogP contribution < -0.4 is 0 Å². The Balaban J connectivity index is 1.84. The number of amides is 1. The Morgan fingerprint density at radius 1 is 1.22 bits per heavy atom. The van der Waals surface area contributed by atoms with Gasteiger partial charge in [0.1, 0.15) is 6.04 Å². The Bertz CT molecular complexity index is 583. The van der Waals surface area contributed by atoms with Crippen molar-refractivity contribution in [3.8, 4) is 0 Å². The normalized spacial score (nSPS) is 26.8. The number of rotatable bonds is 4. The molecule has 0 aromatic heterocycles. The average molecular weight is 317 g/mol. The maximum atomic E-state index is 12.9. The Hall–Kier alpha value is -1.88. The summed E-state index contributed by atoms with van der Waals surface area (Å²) in [7, 11) is 1.63. The Morgan fingerprint density at radius 2 is 1.91 bits per heavy atom. The first kappa shape index (κ1) is 16.0. The monoisotopic (exact) mass is 317 g/mol. The van der Waals surface area contributed by atoms with Crippen LogP contribution in [-0.4, -0.2) is 41.1 Å². The van der Waals surface area contributed by atoms with E-state index in [1.807, 2.05) is 12.1 Å². The van der Waals surface area contributed by atoms with Gasteiger partial charge >= 0.3 is 5.97 Å². The van der Waals surface area contributed by atoms with Crippen LogP contribution in [0.25, 0.3) is 0 Å². The molecule has 3 atom stereocenters. The van der Waals surface area contributed by atoms with Crippen molar-refractivity contribution in [2.45, 2.75) is 50.8 Å². The second kappa shape index (κ2) is 6.71. The van der Waals surface area contributed by atoms with Crippen LogP contribution in [0, 0.1) is 5.92 Å². The van der Waals surface area contributed by atoms with Crippen LogP contribution in [0.3, 0.4) is 0 Å². The Labute approximate surface area is 136 Å². The molecule has 0 unspecified atom stereocenters. The molecule has 1 aliphatic heterocycles. The highest BCUT2D eigenvalue weighted by atomic mass is 16.5. The van der Waals surface area contributed by atoms with Crippen LogP contribution >= 0.6 is 0 Å². The van der Waals surface area contributed by atoms with Crippen LogP contribution in [0.4, 0.5) is 0 Å². The summed E-state index contributed by atoms with van der Waals surface area (Å²) in [4.78, 5) is 26.2. The summed E-state index contributed by atoms with van der Waals surface area (Å²) in [6.45, 7) is 0.501. The molecule has 2 aliphatic rings. The Kier molecular flexibility index (Phi) is 4.66. The predicted molar refractivity (Wildman–Crippen MR) is 85.1 cm³/mol. The second-order valence-corrected chi connectivity index (χ2v) is 6.54. The van der Waals surface area contributed by atoms with E-state index in [4.69, 9.17) is 4.74 Å². The molecule has 5 heteroatoms. The van der Waals surface area contributed by atoms with Crippen LogP contribution in [0.1, 0.15) is 48.0 Å². The highest BCUT2D eigenvalue weighted by molar-refractivity contribution is 5.97. The minimum atomic E-state index is -0.885. The average Bonchev–Trinajstić information content (AvgIpc) is 2.95. The lowest BCUT2D eigenvalue weighted by atomic mass is 9.84. The topological polar surface area (TPSA) is 66.8 Å². The molecule has 1 aromatic carbocycles. The van der Waals surface area contributed by atoms with Crippen molar-refractivity contribution in [1.82, 2.24) is 4.90 Å². The summed E-state index contributed by atoms with van der Waals surface area (Å²) < 4.78 is 5.07. The number of carbonyl (C=O) groups is 2. The van der Waals surface area contributed by atoms with Gasteiger partial charge in [0.25, 0.3) is 5.91 Å². The van der Waals surface area contributed by atoms with E-state index in [-0.39, 0.29) is 11.9 Å². The third kappa shape index (κ3) is 3.11. The standard InChI is InChI=1S/C18H23NO4/c1-23-11-12-6-8-13(9-7-12)17(20)19-15-5-3-2-4-14(15)10-16(19)18(21)22/h6-9,14-16H,2-5,10-11H2,1H3,(H,21,22)/t14-,15-,16+/m1/s1. The molecule has 1 saturated heterocycles. The fraction of sp³-hybridized carbons (Fsp3) is 0.556. The molecule has 1 N–H and O–H groups in total. The molecule has 1 aliphatic carbocycles. The number of likely N-dealkylation sites (tertiary alicyclic amines) is 1. The molecule has 23 heavy (non-hydrogen) atoms. The SMILES string of the molecule is COCc1ccc(C(=O)N2[C@@H]3CCCC[C@@H]3C[C@H]2C(=O)O)cc1. The predicted octanol–water partition coefficient (Wildman–Crippen LogP) is 2.69. The molecule has 5 nitrogen and oxygen atoms in total. The summed E-state index contributed by atoms with van der Waals surface area (Å²) in [6, 6.07) is 6.66. The lowest BCUT2D eigenvalue weighted by molar-refractivity contribution is -0.141. The molecule has 3 rings (SSSR count). The van der Waals surface area contributed by atoms with Crippen LogP contribution in [0.2, 0.25) is 0 Å². The van der Waals surface area contributed by atoms with Gasteiger partial charge in [0.15, 0.2) is 0 Å². The fourth-order valence-corrected chi connectivity index (χ4v) is 4.03. The first-order chi connectivity index (χ1) is 11.1. The summed E-state index contributed by atoms with van der Waals surface area (Å²) in [5, 5.41) is 9.53. The van der Waals surface area contributed by atoms with Gasteiger partial charge in [0, 0.05) is 18.7 Å². The van der Waals surface area contributed by atoms with Crippen LogP contribution in [0.15, 0.2) is 24.3 Å². The van der Waals surface area contributed by atoms with E-state index in [1.54, 1.807) is 24.1 Å². The number of methoxy groups -OCH3 is 1. The van der Waals surface area contributed by atoms with Gasteiger partial charge in [-0.15, -0.1) is 0 Å². The number of nitrogens with zero attached hydrogens (tertiary/aromatic N) is 1. The number of carboxylic acids is 1. The van der Waals surface area contributed by atoms with Crippen LogP contribution in [-0.2, 0) is 16.1 Å². The number of hydrogen-bond donors (Lipinski definition) is 1. The zero-order valence-corrected chi connectivity index (χ0v) is 13.4. The number of fused-ring (bicyclic) bond motifs is 1. The summed E-state index contributed by atoms with van der Waals surface area (Å²) in [5.41, 5.74) is 1.55. The summed E-state index contributed by atoms with van der Waals surface area (Å²) >= 11 is 0. The van der Waals surface area contributed by atoms with Crippen molar-refractivity contribution in [2.24, 2.45) is 5.92 Å². The van der Waals surface area contributed by atoms with Crippen molar-refractivity contribution in [2.75, 3.05) is 7.11 Å². The minimum absolute atomic E-state index is 0.0796. The summed E-state index contributed by atoms with van der Waals surface area (Å²) in [5.74, 6) is -0.707. The molecule has 0 bridgehead atoms. The van der Waals surface area contributed by atoms with Gasteiger partial charge in [-0.05, 0) is 42.9 Å². The van der Waals surface area contributed by atoms with E-state index in [0.717, 1.165) is 31.2 Å². The maximum Gasteiger partial charge on any atom is 0.326 e. The number of benzene rings is 1. The molecule has 1 amide bonds. The quantitative estimate of drug-likeness (QED) is 0.927. The minimum Gasteiger partial charge on any atom is -0.480 e. The first-order valence-electron chi connectivity index (χ1n) is 8.25. The van der Waals surface area contributed by atoms with E-state index < -0.39 is 12.0 Å². The maximum absolute atomic E-state index is 12.9. The fourth-order valence-electron chi connectivity index (χ4n) is 4.03. The largest absolute Gasteiger partial charge is 0.480 e. The lowest BCUT2D eigenvalue weighted by Crippen LogP contribution is -2.46. The smallest absolute Gasteiger partial charge is 0.326 e. The number of hydrogen-bond acceptors (Lipinski definition) is 3. The van der Waals surface area contributed by atoms with E-state index in [2.05, 4.69) is 0 Å². The molecule has 2 fully saturated rings. The molecule has 1 saturated carbocycles. The van der Waals surface area contributed by atoms with Gasteiger partial charge < -0.3 is 14.7 Å². The third-order valence-corrected chi connectivity index (χ3v) is 5.12. The molecule has 0 radical (unpaired) electrons. The van der Waals surface area contributed by atoms with E-state index in [9.17, 15) is 14.7 Å². The molecular formula is C18H23NO4. The third-order valence-electron chi connectivity index (χ3n) is 5.12. The van der Waals surface area contributed by atoms with Gasteiger partial charge in [-0.1, -0.05) is 25.0 Å². The highest BCUT2D eigenvalue weighted by Crippen LogP contribution is 2.40. The van der Waals surface area contributed by atoms with Crippen molar-refractivity contribution >= 4 is 11.9 Å². The number of aliphatic carboxylic acids is 1. The van der Waals surface area contributed by atoms with Gasteiger partial charge in [-0.25, -0.2) is 4.79 Å². The molecule has 124 valence electrons. The number of carbonyl (C=O) groups excluding carboxylic acids is 1. The van der Waals surface area contributed by atoms with Crippen molar-refractivity contribution in [1.29, 1.82) is 0 Å². The van der Waals surface area contributed by atoms with E-state index >= 15 is 0 Å².